The van der Waals surface area contributed by atoms with Gasteiger partial charge in [-0.3, -0.25) is 4.79 Å². The van der Waals surface area contributed by atoms with Crippen molar-refractivity contribution in [2.24, 2.45) is 0 Å². The zero-order chi connectivity index (χ0) is 19.1. The van der Waals surface area contributed by atoms with Crippen molar-refractivity contribution in [3.63, 3.8) is 0 Å². The van der Waals surface area contributed by atoms with Crippen LogP contribution in [0.3, 0.4) is 0 Å². The number of hydrogen-bond acceptors (Lipinski definition) is 6. The molecule has 5 rings (SSSR count). The summed E-state index contributed by atoms with van der Waals surface area (Å²) in [5, 5.41) is 5.58. The molecule has 7 heteroatoms. The Morgan fingerprint density at radius 3 is 2.79 bits per heavy atom. The van der Waals surface area contributed by atoms with Gasteiger partial charge in [0.05, 0.1) is 12.1 Å². The van der Waals surface area contributed by atoms with Gasteiger partial charge in [0.2, 0.25) is 5.91 Å². The average Bonchev–Trinajstić information content (AvgIpc) is 3.43. The number of nitrogens with zero attached hydrogens (tertiary/aromatic N) is 1. The van der Waals surface area contributed by atoms with Crippen molar-refractivity contribution in [3.8, 4) is 22.3 Å². The molecule has 0 radical (unpaired) electrons. The van der Waals surface area contributed by atoms with Crippen LogP contribution in [0.2, 0.25) is 0 Å². The standard InChI is InChI=1S/C21H20N2O4S/c1-13-4-6-17(25-13)20-23-15(12-28-20)11-19(24)22-14-5-7-16-18(10-14)27-21(26-16)8-2-3-9-21/h4-7,10,12H,2-3,8-9,11H2,1H3,(H,22,24). The van der Waals surface area contributed by atoms with Crippen LogP contribution in [0.4, 0.5) is 5.69 Å². The number of carbonyl (C=O) groups excluding carboxylic acids is 1. The molecule has 1 aliphatic carbocycles. The van der Waals surface area contributed by atoms with E-state index in [-0.39, 0.29) is 12.3 Å². The van der Waals surface area contributed by atoms with Crippen LogP contribution in [-0.4, -0.2) is 16.7 Å². The Morgan fingerprint density at radius 2 is 2.00 bits per heavy atom. The van der Waals surface area contributed by atoms with Crippen LogP contribution in [0.25, 0.3) is 10.8 Å². The van der Waals surface area contributed by atoms with E-state index < -0.39 is 5.79 Å². The predicted octanol–water partition coefficient (Wildman–Crippen LogP) is 4.93. The molecular weight excluding hydrogens is 376 g/mol. The first-order valence-corrected chi connectivity index (χ1v) is 10.3. The van der Waals surface area contributed by atoms with E-state index in [0.29, 0.717) is 11.4 Å². The van der Waals surface area contributed by atoms with Crippen LogP contribution >= 0.6 is 11.3 Å². The van der Waals surface area contributed by atoms with Crippen molar-refractivity contribution in [2.75, 3.05) is 5.32 Å². The highest BCUT2D eigenvalue weighted by Gasteiger charge is 2.44. The fourth-order valence-corrected chi connectivity index (χ4v) is 4.49. The Bertz CT molecular complexity index is 1030. The lowest BCUT2D eigenvalue weighted by Crippen LogP contribution is -2.34. The van der Waals surface area contributed by atoms with Crippen molar-refractivity contribution in [2.45, 2.75) is 44.8 Å². The maximum Gasteiger partial charge on any atom is 0.251 e. The predicted molar refractivity (Wildman–Crippen MR) is 106 cm³/mol. The maximum atomic E-state index is 12.4. The molecule has 0 unspecified atom stereocenters. The van der Waals surface area contributed by atoms with Crippen molar-refractivity contribution >= 4 is 22.9 Å². The summed E-state index contributed by atoms with van der Waals surface area (Å²) in [6.07, 6.45) is 4.25. The lowest BCUT2D eigenvalue weighted by Gasteiger charge is -2.21. The number of benzene rings is 1. The number of hydrogen-bond donors (Lipinski definition) is 1. The minimum absolute atomic E-state index is 0.123. The van der Waals surface area contributed by atoms with Crippen LogP contribution < -0.4 is 14.8 Å². The highest BCUT2D eigenvalue weighted by molar-refractivity contribution is 7.13. The maximum absolute atomic E-state index is 12.4. The summed E-state index contributed by atoms with van der Waals surface area (Å²) in [5.41, 5.74) is 1.41. The number of ether oxygens (including phenoxy) is 2. The van der Waals surface area contributed by atoms with Crippen LogP contribution in [-0.2, 0) is 11.2 Å². The second-order valence-corrected chi connectivity index (χ2v) is 8.12. The Balaban J connectivity index is 1.24. The number of carbonyl (C=O) groups is 1. The molecule has 3 aromatic rings. The normalized spacial score (nSPS) is 16.6. The molecule has 1 aliphatic heterocycles. The minimum atomic E-state index is -0.494. The lowest BCUT2D eigenvalue weighted by atomic mass is 10.2. The summed E-state index contributed by atoms with van der Waals surface area (Å²) in [4.78, 5) is 16.9. The summed E-state index contributed by atoms with van der Waals surface area (Å²) in [7, 11) is 0. The minimum Gasteiger partial charge on any atom is -0.459 e. The number of aryl methyl sites for hydroxylation is 1. The van der Waals surface area contributed by atoms with Crippen molar-refractivity contribution in [1.82, 2.24) is 4.98 Å². The van der Waals surface area contributed by atoms with E-state index in [2.05, 4.69) is 10.3 Å². The van der Waals surface area contributed by atoms with E-state index in [4.69, 9.17) is 13.9 Å². The van der Waals surface area contributed by atoms with Gasteiger partial charge in [0.25, 0.3) is 5.79 Å². The molecule has 0 atom stereocenters. The summed E-state index contributed by atoms with van der Waals surface area (Å²) >= 11 is 1.47. The molecule has 6 nitrogen and oxygen atoms in total. The molecule has 1 aromatic carbocycles. The van der Waals surface area contributed by atoms with Crippen LogP contribution in [0, 0.1) is 6.92 Å². The summed E-state index contributed by atoms with van der Waals surface area (Å²) in [5.74, 6) is 2.40. The SMILES string of the molecule is Cc1ccc(-c2nc(CC(=O)Nc3ccc4c(c3)OC3(CCCC3)O4)cs2)o1. The first-order valence-electron chi connectivity index (χ1n) is 9.42. The van der Waals surface area contributed by atoms with E-state index in [0.717, 1.165) is 53.7 Å². The molecule has 1 fully saturated rings. The van der Waals surface area contributed by atoms with Gasteiger partial charge in [-0.05, 0) is 44.0 Å². The number of thiazole rings is 1. The van der Waals surface area contributed by atoms with Gasteiger partial charge in [0.15, 0.2) is 22.3 Å². The van der Waals surface area contributed by atoms with Gasteiger partial charge in [-0.15, -0.1) is 11.3 Å². The van der Waals surface area contributed by atoms with Gasteiger partial charge in [-0.1, -0.05) is 0 Å². The number of nitrogens with one attached hydrogen (secondary N) is 1. The van der Waals surface area contributed by atoms with Gasteiger partial charge < -0.3 is 19.2 Å². The smallest absolute Gasteiger partial charge is 0.251 e. The molecule has 28 heavy (non-hydrogen) atoms. The second-order valence-electron chi connectivity index (χ2n) is 7.26. The van der Waals surface area contributed by atoms with Crippen molar-refractivity contribution in [1.29, 1.82) is 0 Å². The molecule has 0 saturated heterocycles. The number of aromatic nitrogens is 1. The third kappa shape index (κ3) is 3.26. The highest BCUT2D eigenvalue weighted by Crippen LogP contribution is 2.47. The van der Waals surface area contributed by atoms with E-state index in [1.807, 2.05) is 42.6 Å². The zero-order valence-corrected chi connectivity index (χ0v) is 16.3. The Labute approximate surface area is 166 Å². The van der Waals surface area contributed by atoms with Crippen LogP contribution in [0.15, 0.2) is 40.1 Å². The van der Waals surface area contributed by atoms with Gasteiger partial charge in [-0.25, -0.2) is 4.98 Å². The molecule has 3 heterocycles. The molecule has 1 spiro atoms. The summed E-state index contributed by atoms with van der Waals surface area (Å²) in [6, 6.07) is 9.32. The fourth-order valence-electron chi connectivity index (χ4n) is 3.71. The molecule has 2 aliphatic rings. The molecule has 1 amide bonds. The van der Waals surface area contributed by atoms with Gasteiger partial charge in [0.1, 0.15) is 5.76 Å². The molecular formula is C21H20N2O4S. The monoisotopic (exact) mass is 396 g/mol. The first kappa shape index (κ1) is 17.3. The zero-order valence-electron chi connectivity index (χ0n) is 15.5. The van der Waals surface area contributed by atoms with E-state index in [1.165, 1.54) is 11.3 Å². The van der Waals surface area contributed by atoms with Crippen LogP contribution in [0.1, 0.15) is 37.1 Å². The van der Waals surface area contributed by atoms with Crippen LogP contribution in [0.5, 0.6) is 11.5 Å². The molecule has 1 N–H and O–H groups in total. The Morgan fingerprint density at radius 1 is 1.18 bits per heavy atom. The fraction of sp³-hybridized carbons (Fsp3) is 0.333. The van der Waals surface area contributed by atoms with E-state index >= 15 is 0 Å². The van der Waals surface area contributed by atoms with E-state index in [1.54, 1.807) is 0 Å². The van der Waals surface area contributed by atoms with Crippen molar-refractivity contribution < 1.29 is 18.7 Å². The third-order valence-corrected chi connectivity index (χ3v) is 5.93. The number of rotatable bonds is 4. The topological polar surface area (TPSA) is 73.6 Å². The molecule has 2 aromatic heterocycles. The van der Waals surface area contributed by atoms with Gasteiger partial charge in [-0.2, -0.15) is 0 Å². The average molecular weight is 396 g/mol. The van der Waals surface area contributed by atoms with E-state index in [9.17, 15) is 4.79 Å². The highest BCUT2D eigenvalue weighted by atomic mass is 32.1. The second kappa shape index (κ2) is 6.67. The molecule has 1 saturated carbocycles. The quantitative estimate of drug-likeness (QED) is 0.677. The largest absolute Gasteiger partial charge is 0.459 e. The lowest BCUT2D eigenvalue weighted by molar-refractivity contribution is -0.115. The van der Waals surface area contributed by atoms with Gasteiger partial charge >= 0.3 is 0 Å². The number of anilines is 1. The summed E-state index contributed by atoms with van der Waals surface area (Å²) in [6.45, 7) is 1.89. The Kier molecular flexibility index (Phi) is 4.12. The van der Waals surface area contributed by atoms with Crippen molar-refractivity contribution in [3.05, 3.63) is 47.2 Å². The van der Waals surface area contributed by atoms with Gasteiger partial charge in [0, 0.05) is 30.0 Å². The Hall–Kier alpha value is -2.80. The molecule has 0 bridgehead atoms. The molecule has 144 valence electrons. The number of fused-ring (bicyclic) bond motifs is 1. The first-order chi connectivity index (χ1) is 13.6. The summed E-state index contributed by atoms with van der Waals surface area (Å²) < 4.78 is 17.6. The number of furan rings is 1. The third-order valence-electron chi connectivity index (χ3n) is 5.03. The number of amides is 1.